The van der Waals surface area contributed by atoms with Crippen LogP contribution in [0.25, 0.3) is 6.08 Å². The summed E-state index contributed by atoms with van der Waals surface area (Å²) in [6.45, 7) is 0.424. The Hall–Kier alpha value is -3.27. The summed E-state index contributed by atoms with van der Waals surface area (Å²) in [4.78, 5) is 0. The van der Waals surface area contributed by atoms with Crippen molar-refractivity contribution in [2.45, 2.75) is 12.7 Å². The lowest BCUT2D eigenvalue weighted by Gasteiger charge is -2.28. The van der Waals surface area contributed by atoms with Gasteiger partial charge in [-0.05, 0) is 29.8 Å². The van der Waals surface area contributed by atoms with E-state index in [9.17, 15) is 4.39 Å². The zero-order chi connectivity index (χ0) is 18.6. The van der Waals surface area contributed by atoms with Gasteiger partial charge >= 0.3 is 0 Å². The SMILES string of the molecule is COc1cc(C2Oc3ccccc3C=C2OCc2ccccc2)ccc1F. The second-order valence-electron chi connectivity index (χ2n) is 6.25. The van der Waals surface area contributed by atoms with Crippen LogP contribution in [0.1, 0.15) is 22.8 Å². The largest absolute Gasteiger partial charge is 0.494 e. The van der Waals surface area contributed by atoms with Crippen molar-refractivity contribution in [1.82, 2.24) is 0 Å². The van der Waals surface area contributed by atoms with E-state index in [1.54, 1.807) is 12.1 Å². The second kappa shape index (κ2) is 7.54. The zero-order valence-electron chi connectivity index (χ0n) is 14.9. The number of ether oxygens (including phenoxy) is 3. The van der Waals surface area contributed by atoms with Gasteiger partial charge in [-0.2, -0.15) is 0 Å². The maximum absolute atomic E-state index is 13.8. The average Bonchev–Trinajstić information content (AvgIpc) is 2.72. The summed E-state index contributed by atoms with van der Waals surface area (Å²) in [5.41, 5.74) is 2.78. The fourth-order valence-electron chi connectivity index (χ4n) is 3.05. The normalized spacial score (nSPS) is 15.3. The molecule has 0 amide bonds. The molecule has 1 heterocycles. The van der Waals surface area contributed by atoms with Gasteiger partial charge in [0.25, 0.3) is 0 Å². The number of rotatable bonds is 5. The molecule has 0 saturated carbocycles. The van der Waals surface area contributed by atoms with Gasteiger partial charge in [0.1, 0.15) is 18.1 Å². The van der Waals surface area contributed by atoms with E-state index in [1.165, 1.54) is 13.2 Å². The summed E-state index contributed by atoms with van der Waals surface area (Å²) >= 11 is 0. The number of para-hydroxylation sites is 1. The molecule has 0 fully saturated rings. The highest BCUT2D eigenvalue weighted by molar-refractivity contribution is 5.62. The Morgan fingerprint density at radius 2 is 1.74 bits per heavy atom. The summed E-state index contributed by atoms with van der Waals surface area (Å²) < 4.78 is 31.2. The molecule has 3 aromatic carbocycles. The number of fused-ring (bicyclic) bond motifs is 1. The molecule has 0 N–H and O–H groups in total. The Balaban J connectivity index is 1.68. The second-order valence-corrected chi connectivity index (χ2v) is 6.25. The standard InChI is InChI=1S/C23H19FO3/c1-25-21-14-18(11-12-19(21)24)23-22(26-15-16-7-3-2-4-8-16)13-17-9-5-6-10-20(17)27-23/h2-14,23H,15H2,1H3. The van der Waals surface area contributed by atoms with E-state index in [2.05, 4.69) is 0 Å². The van der Waals surface area contributed by atoms with Gasteiger partial charge in [0.15, 0.2) is 17.7 Å². The molecule has 27 heavy (non-hydrogen) atoms. The molecule has 0 aromatic heterocycles. The minimum Gasteiger partial charge on any atom is -0.494 e. The Labute approximate surface area is 157 Å². The number of methoxy groups -OCH3 is 1. The topological polar surface area (TPSA) is 27.7 Å². The smallest absolute Gasteiger partial charge is 0.181 e. The van der Waals surface area contributed by atoms with Crippen molar-refractivity contribution in [3.05, 3.63) is 101 Å². The van der Waals surface area contributed by atoms with Crippen molar-refractivity contribution in [3.8, 4) is 11.5 Å². The highest BCUT2D eigenvalue weighted by Crippen LogP contribution is 2.39. The first kappa shape index (κ1) is 17.2. The third-order valence-electron chi connectivity index (χ3n) is 4.45. The van der Waals surface area contributed by atoms with E-state index in [4.69, 9.17) is 14.2 Å². The molecular formula is C23H19FO3. The van der Waals surface area contributed by atoms with E-state index < -0.39 is 11.9 Å². The molecule has 3 aromatic rings. The van der Waals surface area contributed by atoms with Gasteiger partial charge in [0, 0.05) is 11.1 Å². The van der Waals surface area contributed by atoms with Crippen molar-refractivity contribution in [2.75, 3.05) is 7.11 Å². The zero-order valence-corrected chi connectivity index (χ0v) is 14.9. The molecule has 1 atom stereocenters. The Morgan fingerprint density at radius 3 is 2.56 bits per heavy atom. The van der Waals surface area contributed by atoms with Crippen LogP contribution >= 0.6 is 0 Å². The first-order valence-electron chi connectivity index (χ1n) is 8.72. The van der Waals surface area contributed by atoms with Gasteiger partial charge < -0.3 is 14.2 Å². The molecule has 0 bridgehead atoms. The molecule has 4 heteroatoms. The molecule has 1 aliphatic rings. The van der Waals surface area contributed by atoms with Crippen molar-refractivity contribution in [2.24, 2.45) is 0 Å². The van der Waals surface area contributed by atoms with Gasteiger partial charge in [0.05, 0.1) is 7.11 Å². The summed E-state index contributed by atoms with van der Waals surface area (Å²) in [6, 6.07) is 22.4. The number of hydrogen-bond donors (Lipinski definition) is 0. The number of benzene rings is 3. The Bertz CT molecular complexity index is 966. The van der Waals surface area contributed by atoms with Gasteiger partial charge in [0.2, 0.25) is 0 Å². The van der Waals surface area contributed by atoms with Crippen LogP contribution in [0.15, 0.2) is 78.6 Å². The molecule has 0 aliphatic carbocycles. The maximum atomic E-state index is 13.8. The van der Waals surface area contributed by atoms with Gasteiger partial charge in [-0.25, -0.2) is 4.39 Å². The summed E-state index contributed by atoms with van der Waals surface area (Å²) in [5, 5.41) is 0. The predicted octanol–water partition coefficient (Wildman–Crippen LogP) is 5.53. The fraction of sp³-hybridized carbons (Fsp3) is 0.130. The molecule has 0 spiro atoms. The van der Waals surface area contributed by atoms with Crippen LogP contribution in [0.2, 0.25) is 0 Å². The fourth-order valence-corrected chi connectivity index (χ4v) is 3.05. The van der Waals surface area contributed by atoms with Crippen LogP contribution in [0.3, 0.4) is 0 Å². The maximum Gasteiger partial charge on any atom is 0.181 e. The van der Waals surface area contributed by atoms with Gasteiger partial charge in [-0.1, -0.05) is 54.6 Å². The monoisotopic (exact) mass is 362 g/mol. The molecule has 1 aliphatic heterocycles. The average molecular weight is 362 g/mol. The van der Waals surface area contributed by atoms with Crippen molar-refractivity contribution in [1.29, 1.82) is 0 Å². The van der Waals surface area contributed by atoms with E-state index in [0.717, 1.165) is 22.4 Å². The molecule has 0 saturated heterocycles. The Morgan fingerprint density at radius 1 is 0.963 bits per heavy atom. The first-order chi connectivity index (χ1) is 13.2. The minimum atomic E-state index is -0.474. The molecular weight excluding hydrogens is 343 g/mol. The summed E-state index contributed by atoms with van der Waals surface area (Å²) in [7, 11) is 1.45. The molecule has 136 valence electrons. The highest BCUT2D eigenvalue weighted by atomic mass is 19.1. The highest BCUT2D eigenvalue weighted by Gasteiger charge is 2.27. The molecule has 4 rings (SSSR count). The van der Waals surface area contributed by atoms with Crippen molar-refractivity contribution >= 4 is 6.08 Å². The van der Waals surface area contributed by atoms with Crippen LogP contribution in [0.5, 0.6) is 11.5 Å². The summed E-state index contributed by atoms with van der Waals surface area (Å²) in [5.74, 6) is 1.20. The van der Waals surface area contributed by atoms with E-state index in [0.29, 0.717) is 12.4 Å². The summed E-state index contributed by atoms with van der Waals surface area (Å²) in [6.07, 6.45) is 1.50. The van der Waals surface area contributed by atoms with Gasteiger partial charge in [-0.3, -0.25) is 0 Å². The third kappa shape index (κ3) is 3.65. The molecule has 3 nitrogen and oxygen atoms in total. The van der Waals surface area contributed by atoms with Crippen LogP contribution in [-0.4, -0.2) is 7.11 Å². The van der Waals surface area contributed by atoms with Gasteiger partial charge in [-0.15, -0.1) is 0 Å². The Kier molecular flexibility index (Phi) is 4.79. The minimum absolute atomic E-state index is 0.178. The van der Waals surface area contributed by atoms with E-state index >= 15 is 0 Å². The lowest BCUT2D eigenvalue weighted by Crippen LogP contribution is -2.17. The van der Waals surface area contributed by atoms with E-state index in [1.807, 2.05) is 60.7 Å². The number of halogens is 1. The van der Waals surface area contributed by atoms with Crippen molar-refractivity contribution in [3.63, 3.8) is 0 Å². The lowest BCUT2D eigenvalue weighted by atomic mass is 10.0. The van der Waals surface area contributed by atoms with Crippen LogP contribution in [0.4, 0.5) is 4.39 Å². The number of hydrogen-bond acceptors (Lipinski definition) is 3. The first-order valence-corrected chi connectivity index (χ1v) is 8.72. The molecule has 1 unspecified atom stereocenters. The van der Waals surface area contributed by atoms with Crippen LogP contribution < -0.4 is 9.47 Å². The predicted molar refractivity (Wildman–Crippen MR) is 102 cm³/mol. The third-order valence-corrected chi connectivity index (χ3v) is 4.45. The van der Waals surface area contributed by atoms with Crippen LogP contribution in [0, 0.1) is 5.82 Å². The van der Waals surface area contributed by atoms with Crippen LogP contribution in [-0.2, 0) is 11.3 Å². The van der Waals surface area contributed by atoms with Crippen molar-refractivity contribution < 1.29 is 18.6 Å². The molecule has 0 radical (unpaired) electrons. The quantitative estimate of drug-likeness (QED) is 0.598. The lowest BCUT2D eigenvalue weighted by molar-refractivity contribution is 0.107. The van der Waals surface area contributed by atoms with E-state index in [-0.39, 0.29) is 5.75 Å².